The molecule has 3 rings (SSSR count). The van der Waals surface area contributed by atoms with Crippen molar-refractivity contribution in [3.63, 3.8) is 0 Å². The SMILES string of the molecule is CNC(=O)c1ccc(NC(=O)CSc2nnc(N3CCOCC3)n2CC(C)C)cc1. The Kier molecular flexibility index (Phi) is 7.69. The lowest BCUT2D eigenvalue weighted by atomic mass is 10.2. The second-order valence-electron chi connectivity index (χ2n) is 7.38. The van der Waals surface area contributed by atoms with Crippen molar-refractivity contribution in [1.82, 2.24) is 20.1 Å². The van der Waals surface area contributed by atoms with Crippen molar-refractivity contribution in [1.29, 1.82) is 0 Å². The molecule has 0 saturated carbocycles. The summed E-state index contributed by atoms with van der Waals surface area (Å²) in [4.78, 5) is 26.2. The Morgan fingerprint density at radius 1 is 1.17 bits per heavy atom. The number of amides is 2. The first-order valence-electron chi connectivity index (χ1n) is 9.98. The normalized spacial score (nSPS) is 14.1. The summed E-state index contributed by atoms with van der Waals surface area (Å²) in [6, 6.07) is 6.78. The van der Waals surface area contributed by atoms with E-state index in [4.69, 9.17) is 4.74 Å². The highest BCUT2D eigenvalue weighted by Gasteiger charge is 2.21. The fourth-order valence-corrected chi connectivity index (χ4v) is 3.83. The van der Waals surface area contributed by atoms with Crippen molar-refractivity contribution in [2.75, 3.05) is 49.3 Å². The molecule has 2 N–H and O–H groups in total. The molecule has 1 aromatic carbocycles. The van der Waals surface area contributed by atoms with E-state index in [1.54, 1.807) is 31.3 Å². The average Bonchev–Trinajstić information content (AvgIpc) is 3.14. The van der Waals surface area contributed by atoms with Gasteiger partial charge < -0.3 is 20.3 Å². The van der Waals surface area contributed by atoms with E-state index >= 15 is 0 Å². The van der Waals surface area contributed by atoms with Crippen LogP contribution in [0.3, 0.4) is 0 Å². The molecule has 30 heavy (non-hydrogen) atoms. The summed E-state index contributed by atoms with van der Waals surface area (Å²) >= 11 is 1.37. The lowest BCUT2D eigenvalue weighted by Crippen LogP contribution is -2.38. The number of carbonyl (C=O) groups excluding carboxylic acids is 2. The van der Waals surface area contributed by atoms with Crippen LogP contribution in [0.4, 0.5) is 11.6 Å². The monoisotopic (exact) mass is 432 g/mol. The molecule has 0 aliphatic carbocycles. The fraction of sp³-hybridized carbons (Fsp3) is 0.500. The molecule has 10 heteroatoms. The Morgan fingerprint density at radius 3 is 2.50 bits per heavy atom. The van der Waals surface area contributed by atoms with Crippen LogP contribution in [0, 0.1) is 5.92 Å². The number of thioether (sulfide) groups is 1. The summed E-state index contributed by atoms with van der Waals surface area (Å²) in [5.41, 5.74) is 1.19. The number of benzene rings is 1. The second-order valence-corrected chi connectivity index (χ2v) is 8.32. The average molecular weight is 433 g/mol. The predicted molar refractivity (Wildman–Crippen MR) is 117 cm³/mol. The number of nitrogens with zero attached hydrogens (tertiary/aromatic N) is 4. The highest BCUT2D eigenvalue weighted by Crippen LogP contribution is 2.24. The molecule has 1 fully saturated rings. The van der Waals surface area contributed by atoms with Gasteiger partial charge in [-0.2, -0.15) is 0 Å². The molecule has 1 aliphatic rings. The Hall–Kier alpha value is -2.59. The third kappa shape index (κ3) is 5.73. The third-order valence-electron chi connectivity index (χ3n) is 4.53. The van der Waals surface area contributed by atoms with Crippen molar-refractivity contribution in [3.8, 4) is 0 Å². The number of morpholine rings is 1. The van der Waals surface area contributed by atoms with Gasteiger partial charge in [0.05, 0.1) is 19.0 Å². The van der Waals surface area contributed by atoms with E-state index in [0.717, 1.165) is 30.7 Å². The van der Waals surface area contributed by atoms with Gasteiger partial charge in [-0.15, -0.1) is 10.2 Å². The molecule has 9 nitrogen and oxygen atoms in total. The molecule has 1 aliphatic heterocycles. The van der Waals surface area contributed by atoms with Gasteiger partial charge in [-0.3, -0.25) is 14.2 Å². The summed E-state index contributed by atoms with van der Waals surface area (Å²) in [6.45, 7) is 8.00. The second kappa shape index (κ2) is 10.4. The van der Waals surface area contributed by atoms with Crippen LogP contribution in [0.2, 0.25) is 0 Å². The van der Waals surface area contributed by atoms with Crippen LogP contribution < -0.4 is 15.5 Å². The predicted octanol–water partition coefficient (Wildman–Crippen LogP) is 1.86. The molecule has 0 bridgehead atoms. The first-order valence-corrected chi connectivity index (χ1v) is 11.0. The van der Waals surface area contributed by atoms with Crippen LogP contribution >= 0.6 is 11.8 Å². The molecule has 0 spiro atoms. The zero-order chi connectivity index (χ0) is 21.5. The van der Waals surface area contributed by atoms with Crippen molar-refractivity contribution in [3.05, 3.63) is 29.8 Å². The van der Waals surface area contributed by atoms with Crippen LogP contribution in [0.5, 0.6) is 0 Å². The topological polar surface area (TPSA) is 101 Å². The fourth-order valence-electron chi connectivity index (χ4n) is 3.09. The van der Waals surface area contributed by atoms with Gasteiger partial charge in [0.25, 0.3) is 5.91 Å². The van der Waals surface area contributed by atoms with E-state index in [1.807, 2.05) is 0 Å². The number of carbonyl (C=O) groups is 2. The Labute approximate surface area is 180 Å². The van der Waals surface area contributed by atoms with Gasteiger partial charge in [-0.1, -0.05) is 25.6 Å². The van der Waals surface area contributed by atoms with Gasteiger partial charge in [0, 0.05) is 37.9 Å². The van der Waals surface area contributed by atoms with Gasteiger partial charge in [0.2, 0.25) is 11.9 Å². The lowest BCUT2D eigenvalue weighted by Gasteiger charge is -2.28. The number of hydrogen-bond donors (Lipinski definition) is 2. The Morgan fingerprint density at radius 2 is 1.87 bits per heavy atom. The van der Waals surface area contributed by atoms with E-state index < -0.39 is 0 Å². The number of nitrogens with one attached hydrogen (secondary N) is 2. The highest BCUT2D eigenvalue weighted by molar-refractivity contribution is 7.99. The van der Waals surface area contributed by atoms with E-state index in [9.17, 15) is 9.59 Å². The zero-order valence-electron chi connectivity index (χ0n) is 17.6. The van der Waals surface area contributed by atoms with Crippen molar-refractivity contribution in [2.45, 2.75) is 25.5 Å². The molecule has 2 amide bonds. The smallest absolute Gasteiger partial charge is 0.251 e. The van der Waals surface area contributed by atoms with Crippen LogP contribution in [-0.4, -0.2) is 65.7 Å². The van der Waals surface area contributed by atoms with Crippen molar-refractivity contribution in [2.24, 2.45) is 5.92 Å². The number of anilines is 2. The molecule has 1 saturated heterocycles. The number of rotatable bonds is 8. The molecule has 2 aromatic rings. The van der Waals surface area contributed by atoms with Gasteiger partial charge in [0.15, 0.2) is 5.16 Å². The summed E-state index contributed by atoms with van der Waals surface area (Å²) in [5, 5.41) is 14.9. The molecular weight excluding hydrogens is 404 g/mol. The molecule has 1 aromatic heterocycles. The first-order chi connectivity index (χ1) is 14.5. The summed E-state index contributed by atoms with van der Waals surface area (Å²) in [5.74, 6) is 1.17. The van der Waals surface area contributed by atoms with E-state index in [2.05, 4.69) is 44.1 Å². The van der Waals surface area contributed by atoms with Gasteiger partial charge in [-0.25, -0.2) is 0 Å². The standard InChI is InChI=1S/C20H28N6O3S/c1-14(2)12-26-19(25-8-10-29-11-9-25)23-24-20(26)30-13-17(27)22-16-6-4-15(5-7-16)18(28)21-3/h4-7,14H,8-13H2,1-3H3,(H,21,28)(H,22,27). The summed E-state index contributed by atoms with van der Waals surface area (Å²) in [7, 11) is 1.58. The molecule has 0 atom stereocenters. The van der Waals surface area contributed by atoms with Crippen LogP contribution in [-0.2, 0) is 16.1 Å². The van der Waals surface area contributed by atoms with Crippen molar-refractivity contribution >= 4 is 35.2 Å². The zero-order valence-corrected chi connectivity index (χ0v) is 18.4. The van der Waals surface area contributed by atoms with Crippen LogP contribution in [0.25, 0.3) is 0 Å². The number of aromatic nitrogens is 3. The Balaban J connectivity index is 1.62. The molecule has 162 valence electrons. The van der Waals surface area contributed by atoms with E-state index in [1.165, 1.54) is 11.8 Å². The minimum atomic E-state index is -0.163. The molecular formula is C20H28N6O3S. The first kappa shape index (κ1) is 22.1. The van der Waals surface area contributed by atoms with Crippen molar-refractivity contribution < 1.29 is 14.3 Å². The quantitative estimate of drug-likeness (QED) is 0.614. The molecule has 0 unspecified atom stereocenters. The summed E-state index contributed by atoms with van der Waals surface area (Å²) < 4.78 is 7.52. The molecule has 2 heterocycles. The third-order valence-corrected chi connectivity index (χ3v) is 5.50. The number of ether oxygens (including phenoxy) is 1. The van der Waals surface area contributed by atoms with E-state index in [-0.39, 0.29) is 17.6 Å². The highest BCUT2D eigenvalue weighted by atomic mass is 32.2. The number of hydrogen-bond acceptors (Lipinski definition) is 7. The Bertz CT molecular complexity index is 862. The summed E-state index contributed by atoms with van der Waals surface area (Å²) in [6.07, 6.45) is 0. The minimum Gasteiger partial charge on any atom is -0.378 e. The molecule has 0 radical (unpaired) electrons. The van der Waals surface area contributed by atoms with E-state index in [0.29, 0.717) is 30.4 Å². The van der Waals surface area contributed by atoms with Gasteiger partial charge in [0.1, 0.15) is 0 Å². The maximum atomic E-state index is 12.4. The van der Waals surface area contributed by atoms with Gasteiger partial charge in [-0.05, 0) is 30.2 Å². The lowest BCUT2D eigenvalue weighted by molar-refractivity contribution is -0.113. The van der Waals surface area contributed by atoms with Crippen LogP contribution in [0.1, 0.15) is 24.2 Å². The largest absolute Gasteiger partial charge is 0.378 e. The van der Waals surface area contributed by atoms with Gasteiger partial charge >= 0.3 is 0 Å². The maximum absolute atomic E-state index is 12.4. The van der Waals surface area contributed by atoms with Crippen LogP contribution in [0.15, 0.2) is 29.4 Å². The minimum absolute atomic E-state index is 0.139. The maximum Gasteiger partial charge on any atom is 0.251 e.